The molecule has 0 heterocycles. The Morgan fingerprint density at radius 3 is 2.04 bits per heavy atom. The van der Waals surface area contributed by atoms with Crippen molar-refractivity contribution in [1.29, 1.82) is 0 Å². The zero-order valence-electron chi connectivity index (χ0n) is 14.9. The standard InChI is InChI=1S/C20H27NOSi/c1-6-21(7-2)20(22)18-15-11-14-17(19(18)23(3,4)5)16-12-9-8-10-13-16/h8-15H,6-7H2,1-5H3. The molecule has 0 aliphatic heterocycles. The third-order valence-corrected chi connectivity index (χ3v) is 6.22. The van der Waals surface area contributed by atoms with Crippen molar-refractivity contribution < 1.29 is 4.79 Å². The summed E-state index contributed by atoms with van der Waals surface area (Å²) in [5.41, 5.74) is 3.29. The first-order chi connectivity index (χ1) is 10.9. The van der Waals surface area contributed by atoms with Crippen LogP contribution in [0.15, 0.2) is 48.5 Å². The highest BCUT2D eigenvalue weighted by molar-refractivity contribution is 6.90. The Kier molecular flexibility index (Phi) is 5.42. The van der Waals surface area contributed by atoms with Crippen molar-refractivity contribution in [3.63, 3.8) is 0 Å². The highest BCUT2D eigenvalue weighted by Crippen LogP contribution is 2.23. The smallest absolute Gasteiger partial charge is 0.253 e. The molecule has 0 saturated heterocycles. The van der Waals surface area contributed by atoms with Crippen LogP contribution in [0.2, 0.25) is 19.6 Å². The van der Waals surface area contributed by atoms with Crippen LogP contribution in [0.4, 0.5) is 0 Å². The molecule has 3 heteroatoms. The molecular weight excluding hydrogens is 298 g/mol. The average molecular weight is 326 g/mol. The van der Waals surface area contributed by atoms with Crippen LogP contribution < -0.4 is 5.19 Å². The molecule has 0 aliphatic carbocycles. The van der Waals surface area contributed by atoms with Gasteiger partial charge in [-0.15, -0.1) is 0 Å². The van der Waals surface area contributed by atoms with E-state index in [2.05, 4.69) is 50.0 Å². The summed E-state index contributed by atoms with van der Waals surface area (Å²) < 4.78 is 0. The minimum absolute atomic E-state index is 0.158. The molecule has 2 aromatic rings. The Hall–Kier alpha value is -1.87. The van der Waals surface area contributed by atoms with E-state index >= 15 is 0 Å². The number of carbonyl (C=O) groups excluding carboxylic acids is 1. The molecule has 0 bridgehead atoms. The molecule has 2 nitrogen and oxygen atoms in total. The first-order valence-corrected chi connectivity index (χ1v) is 11.9. The summed E-state index contributed by atoms with van der Waals surface area (Å²) >= 11 is 0. The van der Waals surface area contributed by atoms with Gasteiger partial charge >= 0.3 is 0 Å². The number of carbonyl (C=O) groups is 1. The maximum atomic E-state index is 13.0. The van der Waals surface area contributed by atoms with E-state index in [9.17, 15) is 4.79 Å². The molecule has 0 unspecified atom stereocenters. The van der Waals surface area contributed by atoms with Crippen molar-refractivity contribution in [3.05, 3.63) is 54.1 Å². The Bertz CT molecular complexity index is 670. The normalized spacial score (nSPS) is 11.3. The van der Waals surface area contributed by atoms with E-state index in [0.29, 0.717) is 0 Å². The highest BCUT2D eigenvalue weighted by Gasteiger charge is 2.28. The molecule has 2 rings (SSSR count). The summed E-state index contributed by atoms with van der Waals surface area (Å²) in [5.74, 6) is 0.158. The summed E-state index contributed by atoms with van der Waals surface area (Å²) in [6, 6.07) is 16.6. The average Bonchev–Trinajstić information content (AvgIpc) is 2.55. The predicted octanol–water partition coefficient (Wildman–Crippen LogP) is 4.38. The largest absolute Gasteiger partial charge is 0.339 e. The monoisotopic (exact) mass is 325 g/mol. The number of nitrogens with zero attached hydrogens (tertiary/aromatic N) is 1. The fraction of sp³-hybridized carbons (Fsp3) is 0.350. The van der Waals surface area contributed by atoms with Gasteiger partial charge in [-0.25, -0.2) is 0 Å². The van der Waals surface area contributed by atoms with Crippen molar-refractivity contribution in [2.24, 2.45) is 0 Å². The van der Waals surface area contributed by atoms with E-state index in [0.717, 1.165) is 18.7 Å². The van der Waals surface area contributed by atoms with Gasteiger partial charge in [0.1, 0.15) is 0 Å². The van der Waals surface area contributed by atoms with Crippen LogP contribution in [-0.4, -0.2) is 32.0 Å². The van der Waals surface area contributed by atoms with Gasteiger partial charge < -0.3 is 4.90 Å². The third kappa shape index (κ3) is 3.73. The summed E-state index contributed by atoms with van der Waals surface area (Å²) in [6.07, 6.45) is 0. The number of amides is 1. The van der Waals surface area contributed by atoms with Crippen LogP contribution in [0.1, 0.15) is 24.2 Å². The lowest BCUT2D eigenvalue weighted by molar-refractivity contribution is 0.0774. The maximum Gasteiger partial charge on any atom is 0.253 e. The Labute approximate surface area is 141 Å². The van der Waals surface area contributed by atoms with Crippen LogP contribution in [0.5, 0.6) is 0 Å². The van der Waals surface area contributed by atoms with E-state index in [-0.39, 0.29) is 5.91 Å². The van der Waals surface area contributed by atoms with Crippen LogP contribution >= 0.6 is 0 Å². The van der Waals surface area contributed by atoms with Crippen LogP contribution in [0, 0.1) is 0 Å². The minimum atomic E-state index is -1.69. The topological polar surface area (TPSA) is 20.3 Å². The molecule has 23 heavy (non-hydrogen) atoms. The van der Waals surface area contributed by atoms with E-state index < -0.39 is 8.07 Å². The molecule has 0 radical (unpaired) electrons. The van der Waals surface area contributed by atoms with Crippen molar-refractivity contribution in [3.8, 4) is 11.1 Å². The van der Waals surface area contributed by atoms with Gasteiger partial charge in [-0.3, -0.25) is 4.79 Å². The molecule has 0 N–H and O–H groups in total. The minimum Gasteiger partial charge on any atom is -0.339 e. The first-order valence-electron chi connectivity index (χ1n) is 8.38. The molecule has 0 aliphatic rings. The summed E-state index contributed by atoms with van der Waals surface area (Å²) in [6.45, 7) is 12.5. The Morgan fingerprint density at radius 2 is 1.52 bits per heavy atom. The number of benzene rings is 2. The van der Waals surface area contributed by atoms with Crippen LogP contribution in [-0.2, 0) is 0 Å². The van der Waals surface area contributed by atoms with Crippen LogP contribution in [0.25, 0.3) is 11.1 Å². The number of hydrogen-bond acceptors (Lipinski definition) is 1. The van der Waals surface area contributed by atoms with Gasteiger partial charge in [0, 0.05) is 18.7 Å². The summed E-state index contributed by atoms with van der Waals surface area (Å²) in [4.78, 5) is 14.9. The summed E-state index contributed by atoms with van der Waals surface area (Å²) in [5, 5.41) is 1.27. The molecule has 0 saturated carbocycles. The fourth-order valence-electron chi connectivity index (χ4n) is 3.08. The van der Waals surface area contributed by atoms with E-state index in [1.54, 1.807) is 0 Å². The quantitative estimate of drug-likeness (QED) is 0.747. The van der Waals surface area contributed by atoms with E-state index in [1.807, 2.05) is 36.9 Å². The predicted molar refractivity (Wildman–Crippen MR) is 102 cm³/mol. The second-order valence-corrected chi connectivity index (χ2v) is 11.8. The van der Waals surface area contributed by atoms with Gasteiger partial charge in [0.05, 0.1) is 8.07 Å². The van der Waals surface area contributed by atoms with Crippen molar-refractivity contribution in [1.82, 2.24) is 4.90 Å². The van der Waals surface area contributed by atoms with Crippen LogP contribution in [0.3, 0.4) is 0 Å². The van der Waals surface area contributed by atoms with Gasteiger partial charge in [0.15, 0.2) is 0 Å². The lowest BCUT2D eigenvalue weighted by Gasteiger charge is -2.27. The third-order valence-electron chi connectivity index (χ3n) is 4.18. The lowest BCUT2D eigenvalue weighted by atomic mass is 10.0. The second-order valence-electron chi connectivity index (χ2n) is 6.82. The molecule has 0 aromatic heterocycles. The van der Waals surface area contributed by atoms with Crippen molar-refractivity contribution in [2.75, 3.05) is 13.1 Å². The SMILES string of the molecule is CCN(CC)C(=O)c1cccc(-c2ccccc2)c1[Si](C)(C)C. The molecule has 0 spiro atoms. The maximum absolute atomic E-state index is 13.0. The molecule has 0 fully saturated rings. The van der Waals surface area contributed by atoms with E-state index in [1.165, 1.54) is 16.3 Å². The van der Waals surface area contributed by atoms with Gasteiger partial charge in [-0.1, -0.05) is 62.1 Å². The highest BCUT2D eigenvalue weighted by atomic mass is 28.3. The molecule has 2 aromatic carbocycles. The number of rotatable bonds is 5. The molecule has 1 amide bonds. The van der Waals surface area contributed by atoms with Gasteiger partial charge in [0.25, 0.3) is 5.91 Å². The number of hydrogen-bond donors (Lipinski definition) is 0. The zero-order chi connectivity index (χ0) is 17.0. The van der Waals surface area contributed by atoms with E-state index in [4.69, 9.17) is 0 Å². The lowest BCUT2D eigenvalue weighted by Crippen LogP contribution is -2.45. The Balaban J connectivity index is 2.67. The van der Waals surface area contributed by atoms with Gasteiger partial charge in [-0.2, -0.15) is 0 Å². The zero-order valence-corrected chi connectivity index (χ0v) is 15.9. The van der Waals surface area contributed by atoms with Gasteiger partial charge in [0.2, 0.25) is 0 Å². The Morgan fingerprint density at radius 1 is 0.913 bits per heavy atom. The summed E-state index contributed by atoms with van der Waals surface area (Å²) in [7, 11) is -1.69. The fourth-order valence-corrected chi connectivity index (χ4v) is 5.11. The van der Waals surface area contributed by atoms with Crippen molar-refractivity contribution in [2.45, 2.75) is 33.5 Å². The second kappa shape index (κ2) is 7.13. The molecule has 122 valence electrons. The van der Waals surface area contributed by atoms with Crippen molar-refractivity contribution >= 4 is 19.2 Å². The molecular formula is C20H27NOSi. The first kappa shape index (κ1) is 17.5. The molecule has 0 atom stereocenters. The van der Waals surface area contributed by atoms with Gasteiger partial charge in [-0.05, 0) is 36.2 Å².